The van der Waals surface area contributed by atoms with Gasteiger partial charge in [0.05, 0.1) is 5.52 Å². The van der Waals surface area contributed by atoms with E-state index in [1.165, 1.54) is 6.07 Å². The third-order valence-corrected chi connectivity index (χ3v) is 2.81. The maximum atomic E-state index is 13.4. The Balaban J connectivity index is 2.68. The molecule has 0 aliphatic rings. The first kappa shape index (κ1) is 14.8. The molecule has 3 nitrogen and oxygen atoms in total. The zero-order valence-electron chi connectivity index (χ0n) is 10.3. The number of hydrogen-bond donors (Lipinski definition) is 1. The highest BCUT2D eigenvalue weighted by atomic mass is 35.5. The number of nitrogens with one attached hydrogen (secondary N) is 1. The molecule has 20 heavy (non-hydrogen) atoms. The van der Waals surface area contributed by atoms with Crippen molar-refractivity contribution in [3.05, 3.63) is 29.0 Å². The Labute approximate surface area is 117 Å². The first-order valence-electron chi connectivity index (χ1n) is 5.74. The molecule has 0 aliphatic carbocycles. The van der Waals surface area contributed by atoms with Gasteiger partial charge < -0.3 is 5.32 Å². The molecular formula is C12H10ClF4N3. The molecule has 2 rings (SSSR count). The summed E-state index contributed by atoms with van der Waals surface area (Å²) in [5, 5.41) is 3.45. The van der Waals surface area contributed by atoms with Gasteiger partial charge in [0.2, 0.25) is 5.82 Å². The molecule has 0 saturated carbocycles. The van der Waals surface area contributed by atoms with Crippen LogP contribution in [0.15, 0.2) is 18.2 Å². The number of fused-ring (bicyclic) bond motifs is 1. The van der Waals surface area contributed by atoms with Gasteiger partial charge in [0, 0.05) is 17.0 Å². The van der Waals surface area contributed by atoms with E-state index in [2.05, 4.69) is 15.3 Å². The number of nitrogens with zero attached hydrogens (tertiary/aromatic N) is 2. The van der Waals surface area contributed by atoms with Gasteiger partial charge >= 0.3 is 12.3 Å². The summed E-state index contributed by atoms with van der Waals surface area (Å²) < 4.78 is 51.6. The van der Waals surface area contributed by atoms with Crippen molar-refractivity contribution in [1.29, 1.82) is 0 Å². The molecule has 0 saturated heterocycles. The summed E-state index contributed by atoms with van der Waals surface area (Å²) >= 11 is 5.76. The van der Waals surface area contributed by atoms with Gasteiger partial charge in [-0.3, -0.25) is 0 Å². The molecule has 8 heteroatoms. The molecule has 108 valence electrons. The Kier molecular flexibility index (Phi) is 3.99. The Hall–Kier alpha value is -1.63. The topological polar surface area (TPSA) is 37.8 Å². The number of hydrogen-bond acceptors (Lipinski definition) is 3. The van der Waals surface area contributed by atoms with E-state index < -0.39 is 18.2 Å². The number of aromatic nitrogens is 2. The van der Waals surface area contributed by atoms with Gasteiger partial charge in [0.15, 0.2) is 0 Å². The zero-order valence-corrected chi connectivity index (χ0v) is 11.1. The van der Waals surface area contributed by atoms with Gasteiger partial charge in [-0.25, -0.2) is 18.7 Å². The van der Waals surface area contributed by atoms with Crippen LogP contribution in [-0.2, 0) is 5.92 Å². The van der Waals surface area contributed by atoms with Crippen LogP contribution < -0.4 is 5.32 Å². The minimum atomic E-state index is -4.42. The molecule has 0 radical (unpaired) electrons. The van der Waals surface area contributed by atoms with Crippen LogP contribution in [0.1, 0.15) is 12.7 Å². The van der Waals surface area contributed by atoms with Crippen molar-refractivity contribution in [2.24, 2.45) is 0 Å². The van der Waals surface area contributed by atoms with E-state index in [9.17, 15) is 17.6 Å². The summed E-state index contributed by atoms with van der Waals surface area (Å²) in [6.07, 6.45) is -3.88. The molecule has 1 N–H and O–H groups in total. The second-order valence-electron chi connectivity index (χ2n) is 4.01. The maximum Gasteiger partial charge on any atom is 0.365 e. The molecule has 2 aromatic rings. The smallest absolute Gasteiger partial charge is 0.365 e. The van der Waals surface area contributed by atoms with E-state index in [0.29, 0.717) is 11.9 Å². The minimum absolute atomic E-state index is 0.0736. The highest BCUT2D eigenvalue weighted by molar-refractivity contribution is 6.31. The van der Waals surface area contributed by atoms with Gasteiger partial charge in [-0.1, -0.05) is 11.6 Å². The predicted octanol–water partition coefficient (Wildman–Crippen LogP) is 4.07. The fourth-order valence-corrected chi connectivity index (χ4v) is 1.82. The molecule has 0 spiro atoms. The largest absolute Gasteiger partial charge is 0.370 e. The third-order valence-electron chi connectivity index (χ3n) is 2.58. The van der Waals surface area contributed by atoms with Crippen LogP contribution in [-0.4, -0.2) is 22.9 Å². The summed E-state index contributed by atoms with van der Waals surface area (Å²) in [5.74, 6) is -5.57. The normalized spacial score (nSPS) is 12.2. The molecule has 1 aromatic carbocycles. The summed E-state index contributed by atoms with van der Waals surface area (Å²) in [6, 6.07) is 4.41. The molecule has 1 heterocycles. The summed E-state index contributed by atoms with van der Waals surface area (Å²) in [7, 11) is 0. The Morgan fingerprint density at radius 1 is 1.30 bits per heavy atom. The van der Waals surface area contributed by atoms with Gasteiger partial charge in [0.25, 0.3) is 0 Å². The highest BCUT2D eigenvalue weighted by Gasteiger charge is 2.46. The summed E-state index contributed by atoms with van der Waals surface area (Å²) in [6.45, 7) is 2.13. The van der Waals surface area contributed by atoms with Crippen LogP contribution in [0.3, 0.4) is 0 Å². The Morgan fingerprint density at radius 2 is 2.00 bits per heavy atom. The van der Waals surface area contributed by atoms with Crippen LogP contribution in [0.25, 0.3) is 10.9 Å². The van der Waals surface area contributed by atoms with Crippen molar-refractivity contribution < 1.29 is 17.6 Å². The monoisotopic (exact) mass is 307 g/mol. The highest BCUT2D eigenvalue weighted by Crippen LogP contribution is 2.34. The van der Waals surface area contributed by atoms with Crippen LogP contribution >= 0.6 is 11.6 Å². The SMILES string of the molecule is CCNc1nc(C(F)(F)C(F)F)nc2cc(Cl)ccc12. The number of alkyl halides is 4. The van der Waals surface area contributed by atoms with Crippen LogP contribution in [0, 0.1) is 0 Å². The lowest BCUT2D eigenvalue weighted by molar-refractivity contribution is -0.140. The first-order valence-corrected chi connectivity index (χ1v) is 6.11. The summed E-state index contributed by atoms with van der Waals surface area (Å²) in [4.78, 5) is 7.02. The van der Waals surface area contributed by atoms with E-state index in [1.807, 2.05) is 0 Å². The van der Waals surface area contributed by atoms with E-state index >= 15 is 0 Å². The predicted molar refractivity (Wildman–Crippen MR) is 68.6 cm³/mol. The van der Waals surface area contributed by atoms with Crippen molar-refractivity contribution in [2.75, 3.05) is 11.9 Å². The average molecular weight is 308 g/mol. The van der Waals surface area contributed by atoms with E-state index in [0.717, 1.165) is 0 Å². The molecular weight excluding hydrogens is 298 g/mol. The lowest BCUT2D eigenvalue weighted by atomic mass is 10.2. The lowest BCUT2D eigenvalue weighted by Gasteiger charge is -2.16. The maximum absolute atomic E-state index is 13.4. The zero-order chi connectivity index (χ0) is 14.9. The average Bonchev–Trinajstić information content (AvgIpc) is 2.38. The van der Waals surface area contributed by atoms with Crippen LogP contribution in [0.2, 0.25) is 5.02 Å². The van der Waals surface area contributed by atoms with E-state index in [-0.39, 0.29) is 16.4 Å². The van der Waals surface area contributed by atoms with Crippen LogP contribution in [0.4, 0.5) is 23.4 Å². The lowest BCUT2D eigenvalue weighted by Crippen LogP contribution is -2.27. The van der Waals surface area contributed by atoms with Crippen molar-refractivity contribution in [2.45, 2.75) is 19.3 Å². The standard InChI is InChI=1S/C12H10ClF4N3/c1-2-18-9-7-4-3-6(13)5-8(7)19-11(20-9)12(16,17)10(14)15/h3-5,10H,2H2,1H3,(H,18,19,20). The Morgan fingerprint density at radius 3 is 2.60 bits per heavy atom. The number of anilines is 1. The van der Waals surface area contributed by atoms with E-state index in [1.54, 1.807) is 19.1 Å². The van der Waals surface area contributed by atoms with Gasteiger partial charge in [-0.2, -0.15) is 8.78 Å². The first-order chi connectivity index (χ1) is 9.36. The molecule has 0 amide bonds. The van der Waals surface area contributed by atoms with Crippen molar-refractivity contribution in [1.82, 2.24) is 9.97 Å². The number of benzene rings is 1. The molecule has 1 aromatic heterocycles. The van der Waals surface area contributed by atoms with Gasteiger partial charge in [0.1, 0.15) is 5.82 Å². The second-order valence-corrected chi connectivity index (χ2v) is 4.45. The van der Waals surface area contributed by atoms with Gasteiger partial charge in [-0.15, -0.1) is 0 Å². The van der Waals surface area contributed by atoms with Crippen molar-refractivity contribution >= 4 is 28.3 Å². The molecule has 0 bridgehead atoms. The molecule has 0 fully saturated rings. The quantitative estimate of drug-likeness (QED) is 0.865. The van der Waals surface area contributed by atoms with Crippen molar-refractivity contribution in [3.63, 3.8) is 0 Å². The Bertz CT molecular complexity index is 633. The minimum Gasteiger partial charge on any atom is -0.370 e. The molecule has 0 unspecified atom stereocenters. The van der Waals surface area contributed by atoms with Gasteiger partial charge in [-0.05, 0) is 25.1 Å². The number of halogens is 5. The van der Waals surface area contributed by atoms with Crippen LogP contribution in [0.5, 0.6) is 0 Å². The van der Waals surface area contributed by atoms with E-state index in [4.69, 9.17) is 11.6 Å². The molecule has 0 aliphatic heterocycles. The third kappa shape index (κ3) is 2.63. The fraction of sp³-hybridized carbons (Fsp3) is 0.333. The second kappa shape index (κ2) is 5.40. The number of rotatable bonds is 4. The van der Waals surface area contributed by atoms with Crippen molar-refractivity contribution in [3.8, 4) is 0 Å². The summed E-state index contributed by atoms with van der Waals surface area (Å²) in [5.41, 5.74) is 0.0822. The molecule has 0 atom stereocenters. The fourth-order valence-electron chi connectivity index (χ4n) is 1.65.